The molecular weight excluding hydrogens is 218 g/mol. The largest absolute Gasteiger partial charge is 0.370 e. The molecule has 1 fully saturated rings. The fraction of sp³-hybridized carbons (Fsp3) is 0.917. The molecule has 0 aromatic heterocycles. The molecule has 0 aromatic carbocycles. The monoisotopic (exact) mass is 243 g/mol. The lowest BCUT2D eigenvalue weighted by molar-refractivity contribution is -0.150. The highest BCUT2D eigenvalue weighted by Crippen LogP contribution is 2.23. The summed E-state index contributed by atoms with van der Waals surface area (Å²) in [7, 11) is 0. The van der Waals surface area contributed by atoms with Crippen molar-refractivity contribution in [1.82, 2.24) is 10.3 Å². The van der Waals surface area contributed by atoms with Crippen molar-refractivity contribution < 1.29 is 9.53 Å². The number of hydrazine groups is 1. The van der Waals surface area contributed by atoms with Gasteiger partial charge < -0.3 is 4.74 Å². The summed E-state index contributed by atoms with van der Waals surface area (Å²) in [5, 5.41) is 0. The first-order chi connectivity index (χ1) is 7.89. The van der Waals surface area contributed by atoms with Crippen molar-refractivity contribution in [3.8, 4) is 0 Å². The summed E-state index contributed by atoms with van der Waals surface area (Å²) in [5.41, 5.74) is 2.06. The van der Waals surface area contributed by atoms with Gasteiger partial charge in [-0.1, -0.05) is 13.3 Å². The predicted molar refractivity (Wildman–Crippen MR) is 67.2 cm³/mol. The van der Waals surface area contributed by atoms with Gasteiger partial charge in [-0.25, -0.2) is 5.84 Å². The zero-order valence-corrected chi connectivity index (χ0v) is 11.3. The number of amides is 1. The maximum absolute atomic E-state index is 11.8. The van der Waals surface area contributed by atoms with Crippen molar-refractivity contribution in [2.45, 2.75) is 58.3 Å². The molecule has 1 heterocycles. The van der Waals surface area contributed by atoms with Gasteiger partial charge in [-0.2, -0.15) is 0 Å². The Labute approximate surface area is 104 Å². The third-order valence-electron chi connectivity index (χ3n) is 3.04. The van der Waals surface area contributed by atoms with Crippen molar-refractivity contribution in [3.63, 3.8) is 0 Å². The van der Waals surface area contributed by atoms with E-state index >= 15 is 0 Å². The van der Waals surface area contributed by atoms with E-state index < -0.39 is 0 Å². The van der Waals surface area contributed by atoms with Crippen molar-refractivity contribution in [3.05, 3.63) is 0 Å². The van der Waals surface area contributed by atoms with Gasteiger partial charge in [0.05, 0.1) is 17.7 Å². The van der Waals surface area contributed by atoms with E-state index in [0.717, 1.165) is 25.9 Å². The summed E-state index contributed by atoms with van der Waals surface area (Å²) in [5.74, 6) is 5.15. The minimum absolute atomic E-state index is 0.100. The van der Waals surface area contributed by atoms with Crippen LogP contribution in [0, 0.1) is 0 Å². The summed E-state index contributed by atoms with van der Waals surface area (Å²) in [6.07, 6.45) is 1.93. The Kier molecular flexibility index (Phi) is 4.91. The number of morpholine rings is 1. The van der Waals surface area contributed by atoms with Crippen LogP contribution in [0.4, 0.5) is 0 Å². The number of nitrogens with two attached hydrogens (primary N) is 1. The number of hydrogen-bond acceptors (Lipinski definition) is 4. The molecule has 100 valence electrons. The van der Waals surface area contributed by atoms with E-state index in [1.54, 1.807) is 0 Å². The molecule has 3 N–H and O–H groups in total. The zero-order valence-electron chi connectivity index (χ0n) is 11.3. The zero-order chi connectivity index (χ0) is 13.1. The topological polar surface area (TPSA) is 67.6 Å². The van der Waals surface area contributed by atoms with Crippen LogP contribution in [0.1, 0.15) is 40.5 Å². The summed E-state index contributed by atoms with van der Waals surface area (Å²) >= 11 is 0. The van der Waals surface area contributed by atoms with Crippen molar-refractivity contribution >= 4 is 5.91 Å². The Morgan fingerprint density at radius 2 is 2.29 bits per heavy atom. The van der Waals surface area contributed by atoms with Crippen LogP contribution in [0.2, 0.25) is 0 Å². The Hall–Kier alpha value is -0.650. The summed E-state index contributed by atoms with van der Waals surface area (Å²) in [6.45, 7) is 9.76. The number of nitrogens with one attached hydrogen (secondary N) is 1. The van der Waals surface area contributed by atoms with Crippen molar-refractivity contribution in [2.75, 3.05) is 13.1 Å². The Balaban J connectivity index is 2.76. The van der Waals surface area contributed by atoms with Crippen LogP contribution in [0.3, 0.4) is 0 Å². The van der Waals surface area contributed by atoms with Gasteiger partial charge in [0.2, 0.25) is 0 Å². The number of ether oxygens (including phenoxy) is 1. The standard InChI is InChI=1S/C12H25N3O2/c1-5-6-10(11(16)14-13)15-7-9(2)17-12(3,4)8-15/h9-10H,5-8,13H2,1-4H3,(H,14,16). The van der Waals surface area contributed by atoms with Crippen LogP contribution in [0.5, 0.6) is 0 Å². The smallest absolute Gasteiger partial charge is 0.251 e. The number of nitrogens with zero attached hydrogens (tertiary/aromatic N) is 1. The maximum atomic E-state index is 11.8. The van der Waals surface area contributed by atoms with E-state index in [0.29, 0.717) is 0 Å². The molecule has 5 heteroatoms. The molecule has 17 heavy (non-hydrogen) atoms. The second-order valence-corrected chi connectivity index (χ2v) is 5.43. The SMILES string of the molecule is CCCC(C(=O)NN)N1CC(C)OC(C)(C)C1. The average molecular weight is 243 g/mol. The van der Waals surface area contributed by atoms with E-state index in [-0.39, 0.29) is 23.7 Å². The molecule has 0 saturated carbocycles. The molecule has 0 spiro atoms. The Morgan fingerprint density at radius 1 is 1.65 bits per heavy atom. The first-order valence-electron chi connectivity index (χ1n) is 6.32. The summed E-state index contributed by atoms with van der Waals surface area (Å²) in [6, 6.07) is -0.143. The lowest BCUT2D eigenvalue weighted by atomic mass is 10.0. The fourth-order valence-corrected chi connectivity index (χ4v) is 2.59. The van der Waals surface area contributed by atoms with Gasteiger partial charge in [-0.3, -0.25) is 15.1 Å². The minimum Gasteiger partial charge on any atom is -0.370 e. The van der Waals surface area contributed by atoms with Crippen LogP contribution in [0.25, 0.3) is 0 Å². The molecule has 0 aliphatic carbocycles. The molecule has 2 unspecified atom stereocenters. The second-order valence-electron chi connectivity index (χ2n) is 5.43. The first kappa shape index (κ1) is 14.4. The highest BCUT2D eigenvalue weighted by Gasteiger charge is 2.36. The van der Waals surface area contributed by atoms with E-state index in [4.69, 9.17) is 10.6 Å². The Bertz CT molecular complexity index is 268. The lowest BCUT2D eigenvalue weighted by Gasteiger charge is -2.44. The van der Waals surface area contributed by atoms with Gasteiger partial charge in [-0.05, 0) is 27.2 Å². The normalized spacial score (nSPS) is 26.5. The third-order valence-corrected chi connectivity index (χ3v) is 3.04. The molecule has 2 atom stereocenters. The number of rotatable bonds is 4. The van der Waals surface area contributed by atoms with Crippen LogP contribution < -0.4 is 11.3 Å². The number of carbonyl (C=O) groups excluding carboxylic acids is 1. The van der Waals surface area contributed by atoms with Gasteiger partial charge in [0, 0.05) is 13.1 Å². The van der Waals surface area contributed by atoms with Gasteiger partial charge in [0.15, 0.2) is 0 Å². The van der Waals surface area contributed by atoms with Gasteiger partial charge in [-0.15, -0.1) is 0 Å². The summed E-state index contributed by atoms with van der Waals surface area (Å²) < 4.78 is 5.84. The highest BCUT2D eigenvalue weighted by molar-refractivity contribution is 5.81. The van der Waals surface area contributed by atoms with Gasteiger partial charge >= 0.3 is 0 Å². The highest BCUT2D eigenvalue weighted by atomic mass is 16.5. The molecule has 0 bridgehead atoms. The molecule has 0 radical (unpaired) electrons. The minimum atomic E-state index is -0.210. The molecule has 1 aliphatic rings. The van der Waals surface area contributed by atoms with Crippen LogP contribution in [-0.2, 0) is 9.53 Å². The molecule has 1 aliphatic heterocycles. The quantitative estimate of drug-likeness (QED) is 0.432. The predicted octanol–water partition coefficient (Wildman–Crippen LogP) is 0.644. The van der Waals surface area contributed by atoms with E-state index in [1.165, 1.54) is 0 Å². The molecule has 1 rings (SSSR count). The average Bonchev–Trinajstić information content (AvgIpc) is 2.22. The van der Waals surface area contributed by atoms with Gasteiger partial charge in [0.1, 0.15) is 0 Å². The molecule has 5 nitrogen and oxygen atoms in total. The van der Waals surface area contributed by atoms with E-state index in [2.05, 4.69) is 31.1 Å². The van der Waals surface area contributed by atoms with Crippen LogP contribution in [0.15, 0.2) is 0 Å². The van der Waals surface area contributed by atoms with Crippen molar-refractivity contribution in [1.29, 1.82) is 0 Å². The van der Waals surface area contributed by atoms with Crippen LogP contribution >= 0.6 is 0 Å². The fourth-order valence-electron chi connectivity index (χ4n) is 2.59. The second kappa shape index (κ2) is 5.80. The number of carbonyl (C=O) groups is 1. The lowest BCUT2D eigenvalue weighted by Crippen LogP contribution is -2.59. The molecule has 0 aromatic rings. The number of hydrogen-bond donors (Lipinski definition) is 2. The van der Waals surface area contributed by atoms with E-state index in [9.17, 15) is 4.79 Å². The summed E-state index contributed by atoms with van der Waals surface area (Å²) in [4.78, 5) is 14.0. The van der Waals surface area contributed by atoms with Crippen molar-refractivity contribution in [2.24, 2.45) is 5.84 Å². The Morgan fingerprint density at radius 3 is 2.76 bits per heavy atom. The molecule has 1 saturated heterocycles. The van der Waals surface area contributed by atoms with Gasteiger partial charge in [0.25, 0.3) is 5.91 Å². The molecule has 1 amide bonds. The maximum Gasteiger partial charge on any atom is 0.251 e. The van der Waals surface area contributed by atoms with E-state index in [1.807, 2.05) is 6.92 Å². The van der Waals surface area contributed by atoms with Crippen LogP contribution in [-0.4, -0.2) is 41.6 Å². The third kappa shape index (κ3) is 3.94. The first-order valence-corrected chi connectivity index (χ1v) is 6.32. The molecular formula is C12H25N3O2.